The number of hydrogen-bond acceptors (Lipinski definition) is 5. The van der Waals surface area contributed by atoms with Gasteiger partial charge in [-0.25, -0.2) is 9.59 Å². The average molecular weight is 460 g/mol. The molecule has 1 saturated heterocycles. The van der Waals surface area contributed by atoms with E-state index in [2.05, 4.69) is 27.6 Å². The Morgan fingerprint density at radius 1 is 1.15 bits per heavy atom. The van der Waals surface area contributed by atoms with E-state index in [0.29, 0.717) is 19.4 Å². The highest BCUT2D eigenvalue weighted by molar-refractivity contribution is 5.98. The Labute approximate surface area is 195 Å². The number of aromatic nitrogens is 2. The Bertz CT molecular complexity index is 1240. The van der Waals surface area contributed by atoms with Crippen LogP contribution in [0.1, 0.15) is 47.3 Å². The molecule has 1 aliphatic heterocycles. The van der Waals surface area contributed by atoms with Gasteiger partial charge in [0.05, 0.1) is 0 Å². The number of anilines is 1. The molecule has 2 aromatic carbocycles. The van der Waals surface area contributed by atoms with Crippen LogP contribution in [0.25, 0.3) is 11.1 Å². The Hall–Kier alpha value is -4.14. The summed E-state index contributed by atoms with van der Waals surface area (Å²) in [5, 5.41) is 18.6. The van der Waals surface area contributed by atoms with Gasteiger partial charge >= 0.3 is 12.1 Å². The number of benzene rings is 2. The van der Waals surface area contributed by atoms with E-state index >= 15 is 0 Å². The first kappa shape index (κ1) is 21.7. The van der Waals surface area contributed by atoms with Gasteiger partial charge in [0.1, 0.15) is 17.8 Å². The maximum atomic E-state index is 12.8. The van der Waals surface area contributed by atoms with Crippen molar-refractivity contribution in [1.29, 1.82) is 0 Å². The minimum absolute atomic E-state index is 0.0710. The normalized spacial score (nSPS) is 18.9. The van der Waals surface area contributed by atoms with Crippen LogP contribution in [0.2, 0.25) is 0 Å². The highest BCUT2D eigenvalue weighted by Gasteiger charge is 2.46. The Balaban J connectivity index is 1.24. The smallest absolute Gasteiger partial charge is 0.412 e. The van der Waals surface area contributed by atoms with Gasteiger partial charge < -0.3 is 14.7 Å². The van der Waals surface area contributed by atoms with Gasteiger partial charge in [-0.3, -0.25) is 15.2 Å². The Morgan fingerprint density at radius 2 is 1.79 bits per heavy atom. The molecule has 1 unspecified atom stereocenters. The molecule has 0 saturated carbocycles. The average Bonchev–Trinajstić information content (AvgIpc) is 3.54. The highest BCUT2D eigenvalue weighted by atomic mass is 16.5. The summed E-state index contributed by atoms with van der Waals surface area (Å²) >= 11 is 0. The van der Waals surface area contributed by atoms with E-state index in [1.165, 1.54) is 17.9 Å². The maximum absolute atomic E-state index is 12.8. The van der Waals surface area contributed by atoms with Crippen molar-refractivity contribution in [1.82, 2.24) is 15.1 Å². The number of ether oxygens (including phenoxy) is 1. The first-order chi connectivity index (χ1) is 16.4. The number of carboxylic acids is 1. The summed E-state index contributed by atoms with van der Waals surface area (Å²) in [7, 11) is 0. The molecule has 0 bridgehead atoms. The SMILES string of the molecule is CC1(C(=O)O)CCCN1C(=O)c1cc(NC(=O)OCC2c3ccccc3-c3ccccc32)n[nH]1. The predicted octanol–water partition coefficient (Wildman–Crippen LogP) is 3.85. The zero-order valence-electron chi connectivity index (χ0n) is 18.6. The van der Waals surface area contributed by atoms with Crippen molar-refractivity contribution in [2.24, 2.45) is 0 Å². The van der Waals surface area contributed by atoms with Crippen LogP contribution in [0, 0.1) is 0 Å². The van der Waals surface area contributed by atoms with Crippen LogP contribution >= 0.6 is 0 Å². The van der Waals surface area contributed by atoms with Gasteiger partial charge in [-0.05, 0) is 42.0 Å². The molecule has 3 aromatic rings. The number of nitrogens with zero attached hydrogens (tertiary/aromatic N) is 2. The van der Waals surface area contributed by atoms with Gasteiger partial charge in [0.25, 0.3) is 5.91 Å². The number of H-pyrrole nitrogens is 1. The van der Waals surface area contributed by atoms with Gasteiger partial charge in [-0.2, -0.15) is 5.10 Å². The van der Waals surface area contributed by atoms with Crippen molar-refractivity contribution < 1.29 is 24.2 Å². The largest absolute Gasteiger partial charge is 0.480 e. The van der Waals surface area contributed by atoms with Crippen molar-refractivity contribution in [2.45, 2.75) is 31.2 Å². The second-order valence-electron chi connectivity index (χ2n) is 8.76. The van der Waals surface area contributed by atoms with Crippen LogP contribution in [0.4, 0.5) is 10.6 Å². The van der Waals surface area contributed by atoms with Crippen molar-refractivity contribution >= 4 is 23.8 Å². The van der Waals surface area contributed by atoms with E-state index in [4.69, 9.17) is 4.74 Å². The highest BCUT2D eigenvalue weighted by Crippen LogP contribution is 2.44. The lowest BCUT2D eigenvalue weighted by Gasteiger charge is -2.30. The number of fused-ring (bicyclic) bond motifs is 3. The first-order valence-electron chi connectivity index (χ1n) is 11.1. The van der Waals surface area contributed by atoms with Crippen LogP contribution in [-0.2, 0) is 9.53 Å². The fraction of sp³-hybridized carbons (Fsp3) is 0.280. The van der Waals surface area contributed by atoms with E-state index in [9.17, 15) is 19.5 Å². The molecule has 174 valence electrons. The summed E-state index contributed by atoms with van der Waals surface area (Å²) in [5.74, 6) is -1.47. The number of likely N-dealkylation sites (tertiary alicyclic amines) is 1. The summed E-state index contributed by atoms with van der Waals surface area (Å²) < 4.78 is 5.50. The van der Waals surface area contributed by atoms with E-state index in [1.807, 2.05) is 36.4 Å². The fourth-order valence-corrected chi connectivity index (χ4v) is 4.89. The summed E-state index contributed by atoms with van der Waals surface area (Å²) in [6.07, 6.45) is 0.296. The second-order valence-corrected chi connectivity index (χ2v) is 8.76. The molecule has 0 radical (unpaired) electrons. The Morgan fingerprint density at radius 3 is 2.44 bits per heavy atom. The molecular formula is C25H24N4O5. The zero-order chi connectivity index (χ0) is 23.9. The summed E-state index contributed by atoms with van der Waals surface area (Å²) in [5.41, 5.74) is 3.33. The number of hydrogen-bond donors (Lipinski definition) is 3. The minimum atomic E-state index is -1.26. The first-order valence-corrected chi connectivity index (χ1v) is 11.1. The van der Waals surface area contributed by atoms with Gasteiger partial charge in [-0.15, -0.1) is 0 Å². The number of carbonyl (C=O) groups excluding carboxylic acids is 2. The molecule has 1 fully saturated rings. The van der Waals surface area contributed by atoms with Gasteiger partial charge in [0.15, 0.2) is 5.82 Å². The molecule has 9 nitrogen and oxygen atoms in total. The molecule has 0 spiro atoms. The molecule has 3 N–H and O–H groups in total. The molecule has 34 heavy (non-hydrogen) atoms. The van der Waals surface area contributed by atoms with Crippen LogP contribution in [-0.4, -0.2) is 56.9 Å². The number of nitrogens with one attached hydrogen (secondary N) is 2. The molecule has 1 aromatic heterocycles. The third-order valence-corrected chi connectivity index (χ3v) is 6.73. The van der Waals surface area contributed by atoms with E-state index in [1.54, 1.807) is 0 Å². The predicted molar refractivity (Wildman–Crippen MR) is 124 cm³/mol. The van der Waals surface area contributed by atoms with E-state index in [-0.39, 0.29) is 24.0 Å². The monoisotopic (exact) mass is 460 g/mol. The Kier molecular flexibility index (Phi) is 5.31. The number of rotatable bonds is 5. The molecule has 9 heteroatoms. The number of aliphatic carboxylic acids is 1. The lowest BCUT2D eigenvalue weighted by Crippen LogP contribution is -2.50. The topological polar surface area (TPSA) is 125 Å². The third kappa shape index (κ3) is 3.59. The van der Waals surface area contributed by atoms with Gasteiger partial charge in [-0.1, -0.05) is 48.5 Å². The number of amides is 2. The summed E-state index contributed by atoms with van der Waals surface area (Å²) in [6, 6.07) is 17.5. The summed E-state index contributed by atoms with van der Waals surface area (Å²) in [6.45, 7) is 2.03. The third-order valence-electron chi connectivity index (χ3n) is 6.73. The molecule has 2 aliphatic rings. The molecule has 1 aliphatic carbocycles. The molecule has 1 atom stereocenters. The van der Waals surface area contributed by atoms with Crippen molar-refractivity contribution in [3.05, 3.63) is 71.4 Å². The van der Waals surface area contributed by atoms with Crippen molar-refractivity contribution in [3.8, 4) is 11.1 Å². The number of carboxylic acid groups (broad SMARTS) is 1. The second kappa shape index (κ2) is 8.33. The van der Waals surface area contributed by atoms with Gasteiger partial charge in [0, 0.05) is 18.5 Å². The van der Waals surface area contributed by atoms with Crippen molar-refractivity contribution in [3.63, 3.8) is 0 Å². The van der Waals surface area contributed by atoms with E-state index < -0.39 is 23.5 Å². The van der Waals surface area contributed by atoms with E-state index in [0.717, 1.165) is 22.3 Å². The van der Waals surface area contributed by atoms with Crippen LogP contribution in [0.5, 0.6) is 0 Å². The quantitative estimate of drug-likeness (QED) is 0.531. The fourth-order valence-electron chi connectivity index (χ4n) is 4.89. The standard InChI is InChI=1S/C25H24N4O5/c1-25(23(31)32)11-6-12-29(25)22(30)20-13-21(28-27-20)26-24(33)34-14-19-17-9-4-2-7-15(17)16-8-3-5-10-18(16)19/h2-5,7-10,13,19H,6,11-12,14H2,1H3,(H,31,32)(H2,26,27,28,33). The zero-order valence-corrected chi connectivity index (χ0v) is 18.6. The van der Waals surface area contributed by atoms with Gasteiger partial charge in [0.2, 0.25) is 0 Å². The van der Waals surface area contributed by atoms with Crippen molar-refractivity contribution in [2.75, 3.05) is 18.5 Å². The van der Waals surface area contributed by atoms with Crippen LogP contribution in [0.15, 0.2) is 54.6 Å². The maximum Gasteiger partial charge on any atom is 0.412 e. The number of carbonyl (C=O) groups is 3. The molecule has 5 rings (SSSR count). The molecule has 2 amide bonds. The molecular weight excluding hydrogens is 436 g/mol. The number of aromatic amines is 1. The lowest BCUT2D eigenvalue weighted by molar-refractivity contribution is -0.147. The van der Waals surface area contributed by atoms with Crippen LogP contribution in [0.3, 0.4) is 0 Å². The lowest BCUT2D eigenvalue weighted by atomic mass is 9.98. The minimum Gasteiger partial charge on any atom is -0.480 e. The molecule has 2 heterocycles. The summed E-state index contributed by atoms with van der Waals surface area (Å²) in [4.78, 5) is 38.3. The van der Waals surface area contributed by atoms with Crippen LogP contribution < -0.4 is 5.32 Å².